The number of nitrogens with one attached hydrogen (secondary N) is 2. The van der Waals surface area contributed by atoms with Gasteiger partial charge in [0.05, 0.1) is 0 Å². The van der Waals surface area contributed by atoms with Crippen molar-refractivity contribution >= 4 is 39.1 Å². The Morgan fingerprint density at radius 3 is 2.17 bits per heavy atom. The zero-order valence-corrected chi connectivity index (χ0v) is 17.3. The molecule has 29 heavy (non-hydrogen) atoms. The lowest BCUT2D eigenvalue weighted by Gasteiger charge is -2.15. The summed E-state index contributed by atoms with van der Waals surface area (Å²) in [5, 5.41) is 5.70. The van der Waals surface area contributed by atoms with Crippen molar-refractivity contribution in [1.82, 2.24) is 9.97 Å². The molecule has 0 aliphatic carbocycles. The van der Waals surface area contributed by atoms with Gasteiger partial charge in [-0.2, -0.15) is 18.2 Å². The Hall–Kier alpha value is -2.61. The van der Waals surface area contributed by atoms with Crippen molar-refractivity contribution in [1.29, 1.82) is 0 Å². The summed E-state index contributed by atoms with van der Waals surface area (Å²) in [6.07, 6.45) is -0.683. The summed E-state index contributed by atoms with van der Waals surface area (Å²) >= 11 is 3.34. The van der Waals surface area contributed by atoms with Gasteiger partial charge < -0.3 is 10.6 Å². The normalized spacial score (nSPS) is 11.3. The van der Waals surface area contributed by atoms with Crippen molar-refractivity contribution in [3.63, 3.8) is 0 Å². The molecule has 4 nitrogen and oxygen atoms in total. The second kappa shape index (κ2) is 9.26. The van der Waals surface area contributed by atoms with E-state index in [9.17, 15) is 13.2 Å². The largest absolute Gasteiger partial charge is 0.421 e. The topological polar surface area (TPSA) is 49.8 Å². The second-order valence-corrected chi connectivity index (χ2v) is 7.43. The summed E-state index contributed by atoms with van der Waals surface area (Å²) in [5.41, 5.74) is 1.42. The van der Waals surface area contributed by atoms with Gasteiger partial charge in [0.15, 0.2) is 0 Å². The van der Waals surface area contributed by atoms with Crippen LogP contribution in [0.3, 0.4) is 0 Å². The molecule has 0 fully saturated rings. The number of rotatable bonds is 7. The number of benzene rings is 2. The fourth-order valence-electron chi connectivity index (χ4n) is 2.68. The Balaban J connectivity index is 1.85. The van der Waals surface area contributed by atoms with Gasteiger partial charge in [-0.05, 0) is 54.8 Å². The third-order valence-electron chi connectivity index (χ3n) is 4.23. The molecule has 2 aromatic carbocycles. The van der Waals surface area contributed by atoms with Crippen LogP contribution in [0, 0.1) is 0 Å². The van der Waals surface area contributed by atoms with E-state index in [1.165, 1.54) is 0 Å². The number of hydrogen-bond acceptors (Lipinski definition) is 4. The maximum absolute atomic E-state index is 13.4. The summed E-state index contributed by atoms with van der Waals surface area (Å²) in [4.78, 5) is 7.88. The first-order valence-corrected chi connectivity index (χ1v) is 9.97. The van der Waals surface area contributed by atoms with Crippen LogP contribution < -0.4 is 10.6 Å². The summed E-state index contributed by atoms with van der Waals surface area (Å²) in [7, 11) is 0. The van der Waals surface area contributed by atoms with Gasteiger partial charge in [-0.25, -0.2) is 4.98 Å². The van der Waals surface area contributed by atoms with Crippen molar-refractivity contribution in [2.45, 2.75) is 32.4 Å². The molecule has 152 valence electrons. The minimum atomic E-state index is -4.57. The average molecular weight is 465 g/mol. The molecule has 0 saturated heterocycles. The van der Waals surface area contributed by atoms with Crippen LogP contribution in [0.4, 0.5) is 36.3 Å². The molecule has 0 aliphatic rings. The van der Waals surface area contributed by atoms with E-state index in [1.807, 2.05) is 24.3 Å². The fraction of sp³-hybridized carbons (Fsp3) is 0.238. The highest BCUT2D eigenvalue weighted by Gasteiger charge is 2.35. The monoisotopic (exact) mass is 464 g/mol. The van der Waals surface area contributed by atoms with Gasteiger partial charge in [-0.1, -0.05) is 41.4 Å². The van der Waals surface area contributed by atoms with Crippen molar-refractivity contribution in [2.24, 2.45) is 0 Å². The summed E-state index contributed by atoms with van der Waals surface area (Å²) in [6, 6.07) is 14.5. The quantitative estimate of drug-likeness (QED) is 0.391. The minimum absolute atomic E-state index is 0.0717. The van der Waals surface area contributed by atoms with Crippen LogP contribution in [0.15, 0.2) is 59.2 Å². The molecular formula is C21H20BrF3N4. The smallest absolute Gasteiger partial charge is 0.340 e. The predicted octanol–water partition coefficient (Wildman–Crippen LogP) is 7.09. The summed E-state index contributed by atoms with van der Waals surface area (Å²) in [6.45, 7) is 2.11. The third kappa shape index (κ3) is 5.93. The van der Waals surface area contributed by atoms with Crippen molar-refractivity contribution in [2.75, 3.05) is 10.6 Å². The summed E-state index contributed by atoms with van der Waals surface area (Å²) in [5.74, 6) is -0.226. The lowest BCUT2D eigenvalue weighted by Crippen LogP contribution is -2.12. The highest BCUT2D eigenvalue weighted by molar-refractivity contribution is 9.10. The Morgan fingerprint density at radius 2 is 1.55 bits per heavy atom. The number of anilines is 4. The molecule has 0 bridgehead atoms. The zero-order chi connectivity index (χ0) is 20.9. The predicted molar refractivity (Wildman–Crippen MR) is 113 cm³/mol. The first-order valence-electron chi connectivity index (χ1n) is 9.18. The van der Waals surface area contributed by atoms with Crippen molar-refractivity contribution in [3.8, 4) is 0 Å². The standard InChI is InChI=1S/C21H20BrF3N4/c1-2-3-4-14-5-9-16(10-6-14)27-19-18(21(23,24)25)13-26-20(29-19)28-17-11-7-15(22)8-12-17/h5-13H,2-4H2,1H3,(H2,26,27,28,29). The molecule has 0 saturated carbocycles. The molecule has 3 rings (SSSR count). The Kier molecular flexibility index (Phi) is 6.74. The van der Waals surface area contributed by atoms with Crippen LogP contribution >= 0.6 is 15.9 Å². The minimum Gasteiger partial charge on any atom is -0.340 e. The van der Waals surface area contributed by atoms with Gasteiger partial charge in [0.2, 0.25) is 5.95 Å². The Morgan fingerprint density at radius 1 is 0.931 bits per heavy atom. The number of aromatic nitrogens is 2. The number of alkyl halides is 3. The zero-order valence-electron chi connectivity index (χ0n) is 15.7. The molecule has 0 spiro atoms. The Bertz CT molecular complexity index is 942. The number of hydrogen-bond donors (Lipinski definition) is 2. The molecule has 0 radical (unpaired) electrons. The van der Waals surface area contributed by atoms with Gasteiger partial charge in [0, 0.05) is 22.0 Å². The lowest BCUT2D eigenvalue weighted by molar-refractivity contribution is -0.137. The second-order valence-electron chi connectivity index (χ2n) is 6.51. The van der Waals surface area contributed by atoms with E-state index in [2.05, 4.69) is 43.5 Å². The van der Waals surface area contributed by atoms with Gasteiger partial charge in [-0.3, -0.25) is 0 Å². The summed E-state index contributed by atoms with van der Waals surface area (Å²) < 4.78 is 41.1. The van der Waals surface area contributed by atoms with Gasteiger partial charge in [-0.15, -0.1) is 0 Å². The van der Waals surface area contributed by atoms with Crippen LogP contribution in [0.5, 0.6) is 0 Å². The van der Waals surface area contributed by atoms with E-state index in [1.54, 1.807) is 24.3 Å². The molecule has 0 amide bonds. The van der Waals surface area contributed by atoms with Crippen LogP contribution in [-0.4, -0.2) is 9.97 Å². The van der Waals surface area contributed by atoms with Crippen LogP contribution in [0.25, 0.3) is 0 Å². The highest BCUT2D eigenvalue weighted by Crippen LogP contribution is 2.35. The van der Waals surface area contributed by atoms with E-state index in [-0.39, 0.29) is 11.8 Å². The number of unbranched alkanes of at least 4 members (excludes halogenated alkanes) is 1. The molecule has 0 atom stereocenters. The molecule has 3 aromatic rings. The highest BCUT2D eigenvalue weighted by atomic mass is 79.9. The lowest BCUT2D eigenvalue weighted by atomic mass is 10.1. The van der Waals surface area contributed by atoms with Crippen molar-refractivity contribution < 1.29 is 13.2 Å². The van der Waals surface area contributed by atoms with E-state index < -0.39 is 11.7 Å². The average Bonchev–Trinajstić information content (AvgIpc) is 2.68. The number of aryl methyl sites for hydroxylation is 1. The molecular weight excluding hydrogens is 445 g/mol. The maximum Gasteiger partial charge on any atom is 0.421 e. The van der Waals surface area contributed by atoms with Gasteiger partial charge in [0.1, 0.15) is 11.4 Å². The van der Waals surface area contributed by atoms with E-state index in [0.717, 1.165) is 35.5 Å². The van der Waals surface area contributed by atoms with Crippen molar-refractivity contribution in [3.05, 3.63) is 70.3 Å². The third-order valence-corrected chi connectivity index (χ3v) is 4.76. The number of nitrogens with zero attached hydrogens (tertiary/aromatic N) is 2. The van der Waals surface area contributed by atoms with Crippen LogP contribution in [0.1, 0.15) is 30.9 Å². The van der Waals surface area contributed by atoms with E-state index >= 15 is 0 Å². The molecule has 0 aliphatic heterocycles. The SMILES string of the molecule is CCCCc1ccc(Nc2nc(Nc3ccc(Br)cc3)ncc2C(F)(F)F)cc1. The molecule has 8 heteroatoms. The first kappa shape index (κ1) is 21.1. The van der Waals surface area contributed by atoms with Gasteiger partial charge in [0.25, 0.3) is 0 Å². The number of halogens is 4. The molecule has 1 aromatic heterocycles. The Labute approximate surface area is 175 Å². The molecule has 0 unspecified atom stereocenters. The van der Waals surface area contributed by atoms with Crippen LogP contribution in [0.2, 0.25) is 0 Å². The molecule has 2 N–H and O–H groups in total. The van der Waals surface area contributed by atoms with Gasteiger partial charge >= 0.3 is 6.18 Å². The van der Waals surface area contributed by atoms with E-state index in [4.69, 9.17) is 0 Å². The van der Waals surface area contributed by atoms with Crippen LogP contribution in [-0.2, 0) is 12.6 Å². The first-order chi connectivity index (χ1) is 13.8. The fourth-order valence-corrected chi connectivity index (χ4v) is 2.94. The maximum atomic E-state index is 13.4. The van der Waals surface area contributed by atoms with E-state index in [0.29, 0.717) is 11.4 Å². The molecule has 1 heterocycles.